The highest BCUT2D eigenvalue weighted by molar-refractivity contribution is 6.17. The third kappa shape index (κ3) is 2.79. The lowest BCUT2D eigenvalue weighted by molar-refractivity contribution is 0.0782. The smallest absolute Gasteiger partial charge is 0.253 e. The van der Waals surface area contributed by atoms with Gasteiger partial charge >= 0.3 is 0 Å². The maximum Gasteiger partial charge on any atom is 0.253 e. The molecule has 0 aromatic heterocycles. The summed E-state index contributed by atoms with van der Waals surface area (Å²) < 4.78 is 0. The average Bonchev–Trinajstić information content (AvgIpc) is 2.86. The van der Waals surface area contributed by atoms with Gasteiger partial charge in [-0.15, -0.1) is 11.6 Å². The van der Waals surface area contributed by atoms with Crippen LogP contribution in [-0.4, -0.2) is 35.6 Å². The number of hydrogen-bond donors (Lipinski definition) is 1. The van der Waals surface area contributed by atoms with E-state index in [0.717, 1.165) is 18.5 Å². The van der Waals surface area contributed by atoms with Crippen molar-refractivity contribution in [2.45, 2.75) is 12.3 Å². The van der Waals surface area contributed by atoms with Gasteiger partial charge in [0.2, 0.25) is 0 Å². The quantitative estimate of drug-likeness (QED) is 0.836. The van der Waals surface area contributed by atoms with Gasteiger partial charge in [-0.1, -0.05) is 12.1 Å². The van der Waals surface area contributed by atoms with Gasteiger partial charge in [-0.2, -0.15) is 0 Å². The van der Waals surface area contributed by atoms with Crippen LogP contribution in [0.25, 0.3) is 0 Å². The summed E-state index contributed by atoms with van der Waals surface area (Å²) in [4.78, 5) is 14.0. The molecule has 1 amide bonds. The van der Waals surface area contributed by atoms with Crippen LogP contribution >= 0.6 is 11.6 Å². The second kappa shape index (κ2) is 5.52. The molecule has 1 aromatic carbocycles. The molecule has 3 nitrogen and oxygen atoms in total. The number of halogens is 1. The van der Waals surface area contributed by atoms with E-state index in [1.165, 1.54) is 0 Å². The summed E-state index contributed by atoms with van der Waals surface area (Å²) in [6.45, 7) is 1.54. The number of amides is 1. The Morgan fingerprint density at radius 2 is 2.35 bits per heavy atom. The van der Waals surface area contributed by atoms with Crippen LogP contribution in [0.2, 0.25) is 0 Å². The summed E-state index contributed by atoms with van der Waals surface area (Å²) >= 11 is 5.75. The Hall–Kier alpha value is -1.06. The van der Waals surface area contributed by atoms with Crippen molar-refractivity contribution in [3.8, 4) is 0 Å². The van der Waals surface area contributed by atoms with Gasteiger partial charge in [-0.3, -0.25) is 4.79 Å². The SMILES string of the molecule is O=C(c1cccc(CCl)c1)N1CCC(CO)C1. The van der Waals surface area contributed by atoms with Crippen molar-refractivity contribution in [2.24, 2.45) is 5.92 Å². The van der Waals surface area contributed by atoms with E-state index >= 15 is 0 Å². The van der Waals surface area contributed by atoms with Gasteiger partial charge in [0.25, 0.3) is 5.91 Å². The molecule has 1 saturated heterocycles. The third-order valence-electron chi connectivity index (χ3n) is 3.16. The third-order valence-corrected chi connectivity index (χ3v) is 3.47. The molecule has 0 radical (unpaired) electrons. The number of aliphatic hydroxyl groups excluding tert-OH is 1. The topological polar surface area (TPSA) is 40.5 Å². The first-order valence-electron chi connectivity index (χ1n) is 5.79. The summed E-state index contributed by atoms with van der Waals surface area (Å²) in [5, 5.41) is 9.06. The molecular formula is C13H16ClNO2. The predicted octanol–water partition coefficient (Wildman–Crippen LogP) is 1.88. The maximum atomic E-state index is 12.2. The zero-order valence-electron chi connectivity index (χ0n) is 9.60. The van der Waals surface area contributed by atoms with E-state index in [9.17, 15) is 4.79 Å². The monoisotopic (exact) mass is 253 g/mol. The van der Waals surface area contributed by atoms with E-state index in [1.54, 1.807) is 4.90 Å². The van der Waals surface area contributed by atoms with Crippen LogP contribution in [0, 0.1) is 5.92 Å². The first kappa shape index (κ1) is 12.4. The molecule has 92 valence electrons. The molecule has 1 fully saturated rings. The maximum absolute atomic E-state index is 12.2. The Morgan fingerprint density at radius 1 is 1.53 bits per heavy atom. The zero-order valence-corrected chi connectivity index (χ0v) is 10.4. The van der Waals surface area contributed by atoms with Crippen LogP contribution in [0.5, 0.6) is 0 Å². The second-order valence-corrected chi connectivity index (χ2v) is 4.69. The van der Waals surface area contributed by atoms with Crippen LogP contribution in [0.15, 0.2) is 24.3 Å². The minimum atomic E-state index is 0.0351. The Labute approximate surface area is 106 Å². The van der Waals surface area contributed by atoms with Crippen LogP contribution in [0.4, 0.5) is 0 Å². The molecule has 0 aliphatic carbocycles. The lowest BCUT2D eigenvalue weighted by Gasteiger charge is -2.16. The molecule has 1 heterocycles. The standard InChI is InChI=1S/C13H16ClNO2/c14-7-10-2-1-3-12(6-10)13(17)15-5-4-11(8-15)9-16/h1-3,6,11,16H,4-5,7-9H2. The van der Waals surface area contributed by atoms with E-state index < -0.39 is 0 Å². The van der Waals surface area contributed by atoms with Crippen LogP contribution in [0.1, 0.15) is 22.3 Å². The van der Waals surface area contributed by atoms with Gasteiger partial charge in [0.05, 0.1) is 0 Å². The van der Waals surface area contributed by atoms with Gasteiger partial charge in [0.15, 0.2) is 0 Å². The van der Waals surface area contributed by atoms with Crippen molar-refractivity contribution in [3.63, 3.8) is 0 Å². The zero-order chi connectivity index (χ0) is 12.3. The Bertz CT molecular complexity index is 408. The van der Waals surface area contributed by atoms with Gasteiger partial charge < -0.3 is 10.0 Å². The molecular weight excluding hydrogens is 238 g/mol. The number of rotatable bonds is 3. The van der Waals surface area contributed by atoms with E-state index in [1.807, 2.05) is 24.3 Å². The summed E-state index contributed by atoms with van der Waals surface area (Å²) in [6, 6.07) is 7.40. The molecule has 0 spiro atoms. The summed E-state index contributed by atoms with van der Waals surface area (Å²) in [5.74, 6) is 0.684. The van der Waals surface area contributed by atoms with E-state index in [4.69, 9.17) is 16.7 Å². The first-order chi connectivity index (χ1) is 8.24. The van der Waals surface area contributed by atoms with Crippen molar-refractivity contribution in [2.75, 3.05) is 19.7 Å². The minimum absolute atomic E-state index is 0.0351. The van der Waals surface area contributed by atoms with Crippen molar-refractivity contribution >= 4 is 17.5 Å². The number of nitrogens with zero attached hydrogens (tertiary/aromatic N) is 1. The highest BCUT2D eigenvalue weighted by Gasteiger charge is 2.26. The number of benzene rings is 1. The molecule has 1 unspecified atom stereocenters. The molecule has 1 N–H and O–H groups in total. The molecule has 1 aliphatic rings. The number of carbonyl (C=O) groups excluding carboxylic acids is 1. The van der Waals surface area contributed by atoms with Crippen molar-refractivity contribution in [1.82, 2.24) is 4.90 Å². The molecule has 0 saturated carbocycles. The summed E-state index contributed by atoms with van der Waals surface area (Å²) in [6.07, 6.45) is 0.886. The highest BCUT2D eigenvalue weighted by Crippen LogP contribution is 2.19. The van der Waals surface area contributed by atoms with E-state index in [-0.39, 0.29) is 18.4 Å². The first-order valence-corrected chi connectivity index (χ1v) is 6.33. The van der Waals surface area contributed by atoms with Crippen LogP contribution in [-0.2, 0) is 5.88 Å². The van der Waals surface area contributed by atoms with Gasteiger partial charge in [0.1, 0.15) is 0 Å². The molecule has 1 aliphatic heterocycles. The molecule has 0 bridgehead atoms. The molecule has 1 atom stereocenters. The molecule has 1 aromatic rings. The molecule has 2 rings (SSSR count). The lowest BCUT2D eigenvalue weighted by atomic mass is 10.1. The number of likely N-dealkylation sites (tertiary alicyclic amines) is 1. The number of hydrogen-bond acceptors (Lipinski definition) is 2. The number of carbonyl (C=O) groups is 1. The normalized spacial score (nSPS) is 19.6. The minimum Gasteiger partial charge on any atom is -0.396 e. The second-order valence-electron chi connectivity index (χ2n) is 4.42. The number of alkyl halides is 1. The van der Waals surface area contributed by atoms with Gasteiger partial charge in [0, 0.05) is 37.1 Å². The van der Waals surface area contributed by atoms with Crippen LogP contribution < -0.4 is 0 Å². The van der Waals surface area contributed by atoms with E-state index in [2.05, 4.69) is 0 Å². The predicted molar refractivity (Wildman–Crippen MR) is 67.1 cm³/mol. The Balaban J connectivity index is 2.09. The molecule has 17 heavy (non-hydrogen) atoms. The van der Waals surface area contributed by atoms with Gasteiger partial charge in [-0.25, -0.2) is 0 Å². The Morgan fingerprint density at radius 3 is 3.00 bits per heavy atom. The summed E-state index contributed by atoms with van der Waals surface area (Å²) in [5.41, 5.74) is 1.64. The fourth-order valence-electron chi connectivity index (χ4n) is 2.14. The van der Waals surface area contributed by atoms with Crippen molar-refractivity contribution in [1.29, 1.82) is 0 Å². The van der Waals surface area contributed by atoms with Crippen LogP contribution in [0.3, 0.4) is 0 Å². The van der Waals surface area contributed by atoms with Gasteiger partial charge in [-0.05, 0) is 24.1 Å². The summed E-state index contributed by atoms with van der Waals surface area (Å²) in [7, 11) is 0. The van der Waals surface area contributed by atoms with Crippen molar-refractivity contribution in [3.05, 3.63) is 35.4 Å². The van der Waals surface area contributed by atoms with E-state index in [0.29, 0.717) is 18.0 Å². The highest BCUT2D eigenvalue weighted by atomic mass is 35.5. The van der Waals surface area contributed by atoms with Crippen molar-refractivity contribution < 1.29 is 9.90 Å². The molecule has 4 heteroatoms. The fourth-order valence-corrected chi connectivity index (χ4v) is 2.30. The fraction of sp³-hybridized carbons (Fsp3) is 0.462. The largest absolute Gasteiger partial charge is 0.396 e. The Kier molecular flexibility index (Phi) is 4.02. The lowest BCUT2D eigenvalue weighted by Crippen LogP contribution is -2.29. The average molecular weight is 254 g/mol. The number of aliphatic hydroxyl groups is 1.